The van der Waals surface area contributed by atoms with Crippen LogP contribution in [0.5, 0.6) is 0 Å². The molecule has 0 amide bonds. The predicted molar refractivity (Wildman–Crippen MR) is 77.0 cm³/mol. The Bertz CT molecular complexity index is 544. The summed E-state index contributed by atoms with van der Waals surface area (Å²) >= 11 is 3.30. The van der Waals surface area contributed by atoms with E-state index in [0.29, 0.717) is 16.1 Å². The topological polar surface area (TPSA) is 56.1 Å². The molecule has 1 aromatic heterocycles. The summed E-state index contributed by atoms with van der Waals surface area (Å²) in [5.41, 5.74) is 0.468. The van der Waals surface area contributed by atoms with E-state index in [-0.39, 0.29) is 18.1 Å². The average molecular weight is 326 g/mol. The first-order valence-electron chi connectivity index (χ1n) is 6.17. The maximum absolute atomic E-state index is 12.0. The SMILES string of the molecule is C#CCn1ncc(NC(C)C2CCOC2)c(Br)c1=O. The van der Waals surface area contributed by atoms with Gasteiger partial charge in [0.05, 0.1) is 18.5 Å². The molecule has 2 heterocycles. The molecule has 0 aromatic carbocycles. The van der Waals surface area contributed by atoms with Gasteiger partial charge >= 0.3 is 0 Å². The van der Waals surface area contributed by atoms with Crippen LogP contribution in [0.4, 0.5) is 5.69 Å². The van der Waals surface area contributed by atoms with E-state index in [1.807, 2.05) is 0 Å². The minimum atomic E-state index is -0.224. The van der Waals surface area contributed by atoms with E-state index in [9.17, 15) is 4.79 Å². The van der Waals surface area contributed by atoms with Gasteiger partial charge in [0.25, 0.3) is 5.56 Å². The summed E-state index contributed by atoms with van der Waals surface area (Å²) in [6.45, 7) is 3.82. The highest BCUT2D eigenvalue weighted by Crippen LogP contribution is 2.23. The first-order chi connectivity index (χ1) is 9.13. The molecule has 1 saturated heterocycles. The van der Waals surface area contributed by atoms with Crippen LogP contribution in [0.25, 0.3) is 0 Å². The molecule has 1 aliphatic rings. The zero-order valence-corrected chi connectivity index (χ0v) is 12.3. The summed E-state index contributed by atoms with van der Waals surface area (Å²) < 4.78 is 7.08. The van der Waals surface area contributed by atoms with Crippen LogP contribution in [-0.2, 0) is 11.3 Å². The number of halogens is 1. The highest BCUT2D eigenvalue weighted by molar-refractivity contribution is 9.10. The third-order valence-corrected chi connectivity index (χ3v) is 4.05. The number of nitrogens with one attached hydrogen (secondary N) is 1. The maximum Gasteiger partial charge on any atom is 0.284 e. The second kappa shape index (κ2) is 6.22. The standard InChI is InChI=1S/C13H16BrN3O2/c1-3-5-17-13(18)12(14)11(7-15-17)16-9(2)10-4-6-19-8-10/h1,7,9-10,16H,4-6,8H2,2H3. The smallest absolute Gasteiger partial charge is 0.284 e. The van der Waals surface area contributed by atoms with Crippen LogP contribution >= 0.6 is 15.9 Å². The summed E-state index contributed by atoms with van der Waals surface area (Å²) in [6, 6.07) is 0.225. The number of ether oxygens (including phenoxy) is 1. The molecule has 2 atom stereocenters. The van der Waals surface area contributed by atoms with E-state index in [4.69, 9.17) is 11.2 Å². The number of nitrogens with zero attached hydrogens (tertiary/aromatic N) is 2. The number of anilines is 1. The first kappa shape index (κ1) is 14.1. The summed E-state index contributed by atoms with van der Waals surface area (Å²) in [6.07, 6.45) is 7.84. The fourth-order valence-corrected chi connectivity index (χ4v) is 2.50. The molecule has 102 valence electrons. The largest absolute Gasteiger partial charge is 0.381 e. The Morgan fingerprint density at radius 2 is 2.58 bits per heavy atom. The van der Waals surface area contributed by atoms with Crippen molar-refractivity contribution in [2.45, 2.75) is 25.9 Å². The second-order valence-corrected chi connectivity index (χ2v) is 5.39. The van der Waals surface area contributed by atoms with Crippen LogP contribution in [0.1, 0.15) is 13.3 Å². The summed E-state index contributed by atoms with van der Waals surface area (Å²) in [7, 11) is 0. The van der Waals surface area contributed by atoms with Crippen molar-refractivity contribution < 1.29 is 4.74 Å². The van der Waals surface area contributed by atoms with Gasteiger partial charge in [-0.25, -0.2) is 4.68 Å². The predicted octanol–water partition coefficient (Wildman–Crippen LogP) is 1.48. The lowest BCUT2D eigenvalue weighted by Crippen LogP contribution is -2.29. The Hall–Kier alpha value is -1.32. The Kier molecular flexibility index (Phi) is 4.61. The molecule has 1 aliphatic heterocycles. The lowest BCUT2D eigenvalue weighted by molar-refractivity contribution is 0.183. The van der Waals surface area contributed by atoms with Gasteiger partial charge in [-0.3, -0.25) is 4.79 Å². The molecule has 1 fully saturated rings. The van der Waals surface area contributed by atoms with Crippen LogP contribution in [0, 0.1) is 18.3 Å². The Labute approximate surface area is 120 Å². The molecular formula is C13H16BrN3O2. The van der Waals surface area contributed by atoms with Gasteiger partial charge in [-0.15, -0.1) is 6.42 Å². The van der Waals surface area contributed by atoms with Gasteiger partial charge in [-0.1, -0.05) is 5.92 Å². The van der Waals surface area contributed by atoms with Crippen molar-refractivity contribution in [1.29, 1.82) is 0 Å². The quantitative estimate of drug-likeness (QED) is 0.852. The first-order valence-corrected chi connectivity index (χ1v) is 6.96. The third kappa shape index (κ3) is 3.17. The molecule has 2 unspecified atom stereocenters. The van der Waals surface area contributed by atoms with Crippen LogP contribution in [0.3, 0.4) is 0 Å². The van der Waals surface area contributed by atoms with E-state index in [1.165, 1.54) is 4.68 Å². The Morgan fingerprint density at radius 1 is 1.79 bits per heavy atom. The zero-order chi connectivity index (χ0) is 13.8. The molecule has 0 spiro atoms. The van der Waals surface area contributed by atoms with Gasteiger partial charge in [0.1, 0.15) is 11.0 Å². The van der Waals surface area contributed by atoms with Gasteiger partial charge in [0.2, 0.25) is 0 Å². The van der Waals surface area contributed by atoms with Crippen molar-refractivity contribution in [3.8, 4) is 12.3 Å². The maximum atomic E-state index is 12.0. The lowest BCUT2D eigenvalue weighted by atomic mass is 10.0. The third-order valence-electron chi connectivity index (χ3n) is 3.28. The van der Waals surface area contributed by atoms with Crippen LogP contribution < -0.4 is 10.9 Å². The van der Waals surface area contributed by atoms with E-state index in [0.717, 1.165) is 19.6 Å². The second-order valence-electron chi connectivity index (χ2n) is 4.60. The lowest BCUT2D eigenvalue weighted by Gasteiger charge is -2.21. The Morgan fingerprint density at radius 3 is 3.21 bits per heavy atom. The Balaban J connectivity index is 2.15. The molecule has 0 bridgehead atoms. The molecule has 0 aliphatic carbocycles. The minimum absolute atomic E-state index is 0.170. The molecule has 5 nitrogen and oxygen atoms in total. The average Bonchev–Trinajstić information content (AvgIpc) is 2.92. The fraction of sp³-hybridized carbons (Fsp3) is 0.538. The molecule has 1 N–H and O–H groups in total. The fourth-order valence-electron chi connectivity index (χ4n) is 2.07. The van der Waals surface area contributed by atoms with Crippen LogP contribution in [-0.4, -0.2) is 29.0 Å². The van der Waals surface area contributed by atoms with Gasteiger partial charge in [-0.2, -0.15) is 5.10 Å². The van der Waals surface area contributed by atoms with E-state index in [1.54, 1.807) is 6.20 Å². The zero-order valence-electron chi connectivity index (χ0n) is 10.7. The normalized spacial score (nSPS) is 19.9. The number of aromatic nitrogens is 2. The van der Waals surface area contributed by atoms with Crippen molar-refractivity contribution >= 4 is 21.6 Å². The van der Waals surface area contributed by atoms with Gasteiger partial charge in [-0.05, 0) is 29.3 Å². The van der Waals surface area contributed by atoms with Crippen molar-refractivity contribution in [2.24, 2.45) is 5.92 Å². The summed E-state index contributed by atoms with van der Waals surface area (Å²) in [5, 5.41) is 7.35. The molecule has 6 heteroatoms. The summed E-state index contributed by atoms with van der Waals surface area (Å²) in [4.78, 5) is 12.0. The molecule has 2 rings (SSSR count). The van der Waals surface area contributed by atoms with Crippen molar-refractivity contribution in [2.75, 3.05) is 18.5 Å². The van der Waals surface area contributed by atoms with Gasteiger partial charge in [0.15, 0.2) is 0 Å². The molecule has 19 heavy (non-hydrogen) atoms. The molecule has 0 radical (unpaired) electrons. The number of hydrogen-bond donors (Lipinski definition) is 1. The number of hydrogen-bond acceptors (Lipinski definition) is 4. The van der Waals surface area contributed by atoms with Crippen molar-refractivity contribution in [3.63, 3.8) is 0 Å². The molecule has 1 aromatic rings. The van der Waals surface area contributed by atoms with E-state index < -0.39 is 0 Å². The van der Waals surface area contributed by atoms with Crippen molar-refractivity contribution in [1.82, 2.24) is 9.78 Å². The van der Waals surface area contributed by atoms with E-state index in [2.05, 4.69) is 39.2 Å². The summed E-state index contributed by atoms with van der Waals surface area (Å²) in [5.74, 6) is 2.86. The monoisotopic (exact) mass is 325 g/mol. The highest BCUT2D eigenvalue weighted by Gasteiger charge is 2.23. The molecular weight excluding hydrogens is 310 g/mol. The van der Waals surface area contributed by atoms with Crippen molar-refractivity contribution in [3.05, 3.63) is 21.0 Å². The number of rotatable bonds is 4. The van der Waals surface area contributed by atoms with Gasteiger partial charge < -0.3 is 10.1 Å². The van der Waals surface area contributed by atoms with Crippen LogP contribution in [0.2, 0.25) is 0 Å². The minimum Gasteiger partial charge on any atom is -0.381 e. The highest BCUT2D eigenvalue weighted by atomic mass is 79.9. The van der Waals surface area contributed by atoms with Crippen LogP contribution in [0.15, 0.2) is 15.5 Å². The van der Waals surface area contributed by atoms with Gasteiger partial charge in [0, 0.05) is 18.6 Å². The van der Waals surface area contributed by atoms with E-state index >= 15 is 0 Å². The number of terminal acetylenes is 1. The molecule has 0 saturated carbocycles.